The molecule has 4 aromatic rings. The lowest BCUT2D eigenvalue weighted by Gasteiger charge is -2.32. The first-order valence-electron chi connectivity index (χ1n) is 11.8. The highest BCUT2D eigenvalue weighted by Gasteiger charge is 2.22. The van der Waals surface area contributed by atoms with Gasteiger partial charge >= 0.3 is 0 Å². The monoisotopic (exact) mass is 438 g/mol. The van der Waals surface area contributed by atoms with Gasteiger partial charge in [-0.1, -0.05) is 23.8 Å². The Kier molecular flexibility index (Phi) is 4.91. The fraction of sp³-hybridized carbons (Fsp3) is 0.333. The number of nitrogens with zero attached hydrogens (tertiary/aromatic N) is 5. The number of hydrogen-bond acceptors (Lipinski definition) is 4. The van der Waals surface area contributed by atoms with Gasteiger partial charge in [0.05, 0.1) is 17.4 Å². The van der Waals surface area contributed by atoms with Crippen molar-refractivity contribution in [2.75, 3.05) is 19.6 Å². The number of likely N-dealkylation sites (tertiary alicyclic amines) is 1. The lowest BCUT2D eigenvalue weighted by molar-refractivity contribution is 0.215. The standard InChI is InChI=1S/C27H28N5O/c1-18-13-23(20-8-11-31(12-9-20)10-7-19-3-4-19)17-32-26(33)15-24(29-27(18)32)21-5-6-25-22(14-21)16-28-30(25)2/h3-6,13-17,20H,7-12H2,1-2H3. The fourth-order valence-corrected chi connectivity index (χ4v) is 5.09. The number of aryl methyl sites for hydroxylation is 2. The predicted octanol–water partition coefficient (Wildman–Crippen LogP) is 4.27. The number of hydrogen-bond donors (Lipinski definition) is 0. The van der Waals surface area contributed by atoms with Gasteiger partial charge in [0.2, 0.25) is 0 Å². The maximum Gasteiger partial charge on any atom is 0.258 e. The summed E-state index contributed by atoms with van der Waals surface area (Å²) in [4.78, 5) is 20.6. The van der Waals surface area contributed by atoms with Crippen LogP contribution in [0.15, 0.2) is 59.2 Å². The van der Waals surface area contributed by atoms with Crippen LogP contribution in [-0.4, -0.2) is 43.7 Å². The van der Waals surface area contributed by atoms with E-state index < -0.39 is 0 Å². The van der Waals surface area contributed by atoms with Gasteiger partial charge in [-0.2, -0.15) is 5.10 Å². The van der Waals surface area contributed by atoms with Crippen molar-refractivity contribution in [1.82, 2.24) is 24.1 Å². The van der Waals surface area contributed by atoms with E-state index in [4.69, 9.17) is 4.98 Å². The molecule has 0 atom stereocenters. The van der Waals surface area contributed by atoms with E-state index in [2.05, 4.69) is 41.6 Å². The minimum atomic E-state index is -0.0300. The molecule has 1 aromatic carbocycles. The molecule has 1 radical (unpaired) electrons. The van der Waals surface area contributed by atoms with Gasteiger partial charge in [-0.05, 0) is 68.5 Å². The molecule has 0 saturated carbocycles. The molecule has 1 aliphatic heterocycles. The van der Waals surface area contributed by atoms with Crippen LogP contribution in [0.1, 0.15) is 36.3 Å². The van der Waals surface area contributed by atoms with Crippen molar-refractivity contribution in [3.05, 3.63) is 82.3 Å². The number of pyridine rings is 1. The summed E-state index contributed by atoms with van der Waals surface area (Å²) >= 11 is 0. The predicted molar refractivity (Wildman–Crippen MR) is 131 cm³/mol. The summed E-state index contributed by atoms with van der Waals surface area (Å²) in [6, 6.07) is 9.98. The summed E-state index contributed by atoms with van der Waals surface area (Å²) < 4.78 is 3.58. The van der Waals surface area contributed by atoms with Crippen LogP contribution in [0.5, 0.6) is 0 Å². The summed E-state index contributed by atoms with van der Waals surface area (Å²) in [7, 11) is 1.93. The highest BCUT2D eigenvalue weighted by atomic mass is 16.1. The van der Waals surface area contributed by atoms with Gasteiger partial charge in [0.25, 0.3) is 5.56 Å². The summed E-state index contributed by atoms with van der Waals surface area (Å²) in [5, 5.41) is 5.36. The average molecular weight is 439 g/mol. The van der Waals surface area contributed by atoms with Crippen LogP contribution in [0.4, 0.5) is 0 Å². The minimum Gasteiger partial charge on any atom is -0.303 e. The molecule has 1 saturated heterocycles. The van der Waals surface area contributed by atoms with E-state index in [0.29, 0.717) is 11.6 Å². The SMILES string of the molecule is Cc1cc(C2CCN(CCC3=C[CH]3)CC2)cn2c(=O)cc(-c3ccc4c(cnn4C)c3)nc12. The smallest absolute Gasteiger partial charge is 0.258 e. The van der Waals surface area contributed by atoms with Crippen LogP contribution in [0.2, 0.25) is 0 Å². The second kappa shape index (κ2) is 7.96. The zero-order chi connectivity index (χ0) is 22.5. The molecule has 0 N–H and O–H groups in total. The van der Waals surface area contributed by atoms with E-state index in [1.165, 1.54) is 17.6 Å². The topological polar surface area (TPSA) is 55.4 Å². The number of rotatable bonds is 5. The molecule has 4 heterocycles. The van der Waals surface area contributed by atoms with Gasteiger partial charge in [0, 0.05) is 43.2 Å². The number of piperidine rings is 1. The Hall–Kier alpha value is -3.25. The molecule has 6 nitrogen and oxygen atoms in total. The maximum absolute atomic E-state index is 13.1. The van der Waals surface area contributed by atoms with Crippen molar-refractivity contribution in [3.63, 3.8) is 0 Å². The lowest BCUT2D eigenvalue weighted by atomic mass is 9.89. The molecule has 2 aliphatic rings. The molecule has 1 fully saturated rings. The molecule has 6 heteroatoms. The Morgan fingerprint density at radius 1 is 1.12 bits per heavy atom. The fourth-order valence-electron chi connectivity index (χ4n) is 5.09. The summed E-state index contributed by atoms with van der Waals surface area (Å²) in [6.07, 6.45) is 11.7. The van der Waals surface area contributed by atoms with Gasteiger partial charge in [0.15, 0.2) is 0 Å². The van der Waals surface area contributed by atoms with Crippen LogP contribution < -0.4 is 5.56 Å². The first kappa shape index (κ1) is 20.4. The zero-order valence-corrected chi connectivity index (χ0v) is 19.2. The molecule has 0 spiro atoms. The maximum atomic E-state index is 13.1. The van der Waals surface area contributed by atoms with E-state index in [-0.39, 0.29) is 5.56 Å². The third-order valence-electron chi connectivity index (χ3n) is 7.19. The second-order valence-corrected chi connectivity index (χ2v) is 9.45. The molecule has 1 aliphatic carbocycles. The number of fused-ring (bicyclic) bond motifs is 2. The number of allylic oxidation sites excluding steroid dienone is 1. The van der Waals surface area contributed by atoms with Crippen LogP contribution >= 0.6 is 0 Å². The molecule has 0 amide bonds. The van der Waals surface area contributed by atoms with E-state index in [1.54, 1.807) is 10.5 Å². The van der Waals surface area contributed by atoms with Crippen LogP contribution in [-0.2, 0) is 7.05 Å². The largest absolute Gasteiger partial charge is 0.303 e. The van der Waals surface area contributed by atoms with Crippen molar-refractivity contribution < 1.29 is 0 Å². The van der Waals surface area contributed by atoms with Gasteiger partial charge < -0.3 is 4.90 Å². The van der Waals surface area contributed by atoms with Crippen LogP contribution in [0.3, 0.4) is 0 Å². The highest BCUT2D eigenvalue weighted by molar-refractivity contribution is 5.84. The Labute approximate surface area is 193 Å². The lowest BCUT2D eigenvalue weighted by Crippen LogP contribution is -2.33. The van der Waals surface area contributed by atoms with Crippen molar-refractivity contribution in [3.8, 4) is 11.3 Å². The summed E-state index contributed by atoms with van der Waals surface area (Å²) in [6.45, 7) is 5.47. The molecular formula is C27H28N5O. The van der Waals surface area contributed by atoms with Gasteiger partial charge in [0.1, 0.15) is 5.65 Å². The summed E-state index contributed by atoms with van der Waals surface area (Å²) in [5.74, 6) is 0.496. The van der Waals surface area contributed by atoms with E-state index in [1.807, 2.05) is 36.3 Å². The molecular weight excluding hydrogens is 410 g/mol. The van der Waals surface area contributed by atoms with Gasteiger partial charge in [-0.3, -0.25) is 13.9 Å². The normalized spacial score (nSPS) is 17.1. The quantitative estimate of drug-likeness (QED) is 0.467. The van der Waals surface area contributed by atoms with Crippen molar-refractivity contribution >= 4 is 16.6 Å². The molecule has 33 heavy (non-hydrogen) atoms. The minimum absolute atomic E-state index is 0.0300. The molecule has 6 rings (SSSR count). The van der Waals surface area contributed by atoms with Gasteiger partial charge in [-0.25, -0.2) is 4.98 Å². The van der Waals surface area contributed by atoms with Crippen LogP contribution in [0.25, 0.3) is 27.8 Å². The first-order valence-corrected chi connectivity index (χ1v) is 11.8. The van der Waals surface area contributed by atoms with E-state index in [0.717, 1.165) is 60.2 Å². The molecule has 0 bridgehead atoms. The molecule has 3 aromatic heterocycles. The van der Waals surface area contributed by atoms with E-state index >= 15 is 0 Å². The third-order valence-corrected chi connectivity index (χ3v) is 7.19. The van der Waals surface area contributed by atoms with Gasteiger partial charge in [-0.15, -0.1) is 0 Å². The number of benzene rings is 1. The third kappa shape index (κ3) is 3.89. The van der Waals surface area contributed by atoms with Crippen molar-refractivity contribution in [2.45, 2.75) is 32.1 Å². The average Bonchev–Trinajstić information content (AvgIpc) is 3.59. The first-order chi connectivity index (χ1) is 16.0. The zero-order valence-electron chi connectivity index (χ0n) is 19.2. The second-order valence-electron chi connectivity index (χ2n) is 9.45. The van der Waals surface area contributed by atoms with Crippen molar-refractivity contribution in [1.29, 1.82) is 0 Å². The Morgan fingerprint density at radius 2 is 1.94 bits per heavy atom. The Morgan fingerprint density at radius 3 is 2.73 bits per heavy atom. The Bertz CT molecular complexity index is 1450. The van der Waals surface area contributed by atoms with Crippen LogP contribution in [0, 0.1) is 13.3 Å². The highest BCUT2D eigenvalue weighted by Crippen LogP contribution is 2.30. The summed E-state index contributed by atoms with van der Waals surface area (Å²) in [5.41, 5.74) is 7.21. The Balaban J connectivity index is 1.28. The van der Waals surface area contributed by atoms with E-state index in [9.17, 15) is 4.79 Å². The number of aromatic nitrogens is 4. The molecule has 167 valence electrons. The molecule has 0 unspecified atom stereocenters. The van der Waals surface area contributed by atoms with Crippen molar-refractivity contribution in [2.24, 2.45) is 7.05 Å².